The average Bonchev–Trinajstić information content (AvgIpc) is 2.72. The van der Waals surface area contributed by atoms with Crippen LogP contribution in [-0.4, -0.2) is 13.2 Å². The van der Waals surface area contributed by atoms with Gasteiger partial charge >= 0.3 is 0 Å². The summed E-state index contributed by atoms with van der Waals surface area (Å²) in [5, 5.41) is 0.332. The van der Waals surface area contributed by atoms with Gasteiger partial charge in [-0.1, -0.05) is 12.1 Å². The third kappa shape index (κ3) is 3.45. The number of hydrogen-bond donors (Lipinski definition) is 1. The molecular formula is C17H19NO2S. The zero-order chi connectivity index (χ0) is 14.7. The Morgan fingerprint density at radius 2 is 1.86 bits per heavy atom. The topological polar surface area (TPSA) is 44.5 Å². The maximum Gasteiger partial charge on any atom is 0.162 e. The second-order valence-corrected chi connectivity index (χ2v) is 6.50. The van der Waals surface area contributed by atoms with Gasteiger partial charge in [-0.15, -0.1) is 11.8 Å². The van der Waals surface area contributed by atoms with Crippen molar-refractivity contribution < 1.29 is 9.47 Å². The second kappa shape index (κ2) is 6.31. The van der Waals surface area contributed by atoms with Gasteiger partial charge < -0.3 is 15.2 Å². The van der Waals surface area contributed by atoms with E-state index in [1.54, 1.807) is 11.8 Å². The molecule has 0 bridgehead atoms. The number of hydrogen-bond acceptors (Lipinski definition) is 4. The molecule has 3 rings (SSSR count). The van der Waals surface area contributed by atoms with Crippen LogP contribution in [0.15, 0.2) is 47.4 Å². The van der Waals surface area contributed by atoms with Crippen molar-refractivity contribution in [3.63, 3.8) is 0 Å². The molecule has 1 heterocycles. The van der Waals surface area contributed by atoms with Crippen molar-refractivity contribution >= 4 is 17.4 Å². The maximum absolute atomic E-state index is 5.85. The Bertz CT molecular complexity index is 630. The molecule has 1 unspecified atom stereocenters. The van der Waals surface area contributed by atoms with Gasteiger partial charge in [0, 0.05) is 22.3 Å². The molecular weight excluding hydrogens is 282 g/mol. The molecule has 0 spiro atoms. The summed E-state index contributed by atoms with van der Waals surface area (Å²) in [4.78, 5) is 1.18. The fourth-order valence-electron chi connectivity index (χ4n) is 2.30. The molecule has 1 aliphatic heterocycles. The van der Waals surface area contributed by atoms with Crippen LogP contribution in [0.3, 0.4) is 0 Å². The van der Waals surface area contributed by atoms with Crippen LogP contribution < -0.4 is 15.2 Å². The number of nitrogen functional groups attached to an aromatic ring is 1. The third-order valence-electron chi connectivity index (χ3n) is 3.41. The molecule has 2 N–H and O–H groups in total. The molecule has 2 aromatic rings. The minimum Gasteiger partial charge on any atom is -0.490 e. The van der Waals surface area contributed by atoms with Crippen LogP contribution in [0.5, 0.6) is 11.5 Å². The molecule has 0 saturated carbocycles. The quantitative estimate of drug-likeness (QED) is 0.678. The van der Waals surface area contributed by atoms with Gasteiger partial charge in [-0.25, -0.2) is 0 Å². The van der Waals surface area contributed by atoms with E-state index in [4.69, 9.17) is 15.2 Å². The van der Waals surface area contributed by atoms with Crippen molar-refractivity contribution in [1.29, 1.82) is 0 Å². The Balaban J connectivity index is 1.77. The number of benzene rings is 2. The van der Waals surface area contributed by atoms with E-state index in [0.29, 0.717) is 11.9 Å². The van der Waals surface area contributed by atoms with E-state index in [2.05, 4.69) is 25.1 Å². The predicted octanol–water partition coefficient (Wildman–Crippen LogP) is 4.28. The van der Waals surface area contributed by atoms with Crippen molar-refractivity contribution in [3.8, 4) is 11.5 Å². The molecule has 4 heteroatoms. The SMILES string of the molecule is CC(Sc1ccc2c(c1)OCCCO2)c1cccc(N)c1. The fourth-order valence-corrected chi connectivity index (χ4v) is 3.31. The van der Waals surface area contributed by atoms with Crippen LogP contribution in [-0.2, 0) is 0 Å². The zero-order valence-corrected chi connectivity index (χ0v) is 12.9. The van der Waals surface area contributed by atoms with E-state index >= 15 is 0 Å². The Morgan fingerprint density at radius 3 is 2.67 bits per heavy atom. The Kier molecular flexibility index (Phi) is 4.25. The first-order valence-corrected chi connectivity index (χ1v) is 8.02. The molecule has 110 valence electrons. The third-order valence-corrected chi connectivity index (χ3v) is 4.56. The van der Waals surface area contributed by atoms with Gasteiger partial charge in [0.05, 0.1) is 13.2 Å². The highest BCUT2D eigenvalue weighted by molar-refractivity contribution is 7.99. The molecule has 0 amide bonds. The Morgan fingerprint density at radius 1 is 1.05 bits per heavy atom. The molecule has 0 saturated heterocycles. The van der Waals surface area contributed by atoms with Crippen LogP contribution in [0, 0.1) is 0 Å². The molecule has 21 heavy (non-hydrogen) atoms. The predicted molar refractivity (Wildman–Crippen MR) is 87.2 cm³/mol. The number of nitrogens with two attached hydrogens (primary N) is 1. The summed E-state index contributed by atoms with van der Waals surface area (Å²) in [7, 11) is 0. The summed E-state index contributed by atoms with van der Waals surface area (Å²) < 4.78 is 11.4. The van der Waals surface area contributed by atoms with E-state index in [1.165, 1.54) is 10.5 Å². The summed E-state index contributed by atoms with van der Waals surface area (Å²) in [6.45, 7) is 3.62. The highest BCUT2D eigenvalue weighted by Gasteiger charge is 2.13. The van der Waals surface area contributed by atoms with Gasteiger partial charge in [0.1, 0.15) is 0 Å². The standard InChI is InChI=1S/C17H19NO2S/c1-12(13-4-2-5-14(18)10-13)21-15-6-7-16-17(11-15)20-9-3-8-19-16/h2,4-7,10-12H,3,8-9,18H2,1H3. The highest BCUT2D eigenvalue weighted by atomic mass is 32.2. The maximum atomic E-state index is 5.85. The van der Waals surface area contributed by atoms with Crippen LogP contribution in [0.25, 0.3) is 0 Å². The summed E-state index contributed by atoms with van der Waals surface area (Å²) in [6, 6.07) is 14.2. The van der Waals surface area contributed by atoms with Crippen molar-refractivity contribution in [2.24, 2.45) is 0 Å². The molecule has 1 aliphatic rings. The summed E-state index contributed by atoms with van der Waals surface area (Å²) in [5.41, 5.74) is 7.89. The minimum absolute atomic E-state index is 0.332. The number of rotatable bonds is 3. The first-order chi connectivity index (χ1) is 10.2. The Labute approximate surface area is 129 Å². The van der Waals surface area contributed by atoms with Crippen LogP contribution in [0.1, 0.15) is 24.2 Å². The molecule has 0 aliphatic carbocycles. The van der Waals surface area contributed by atoms with Crippen molar-refractivity contribution in [1.82, 2.24) is 0 Å². The number of fused-ring (bicyclic) bond motifs is 1. The molecule has 0 radical (unpaired) electrons. The summed E-state index contributed by atoms with van der Waals surface area (Å²) in [6.07, 6.45) is 0.927. The Hall–Kier alpha value is -1.81. The van der Waals surface area contributed by atoms with Crippen molar-refractivity contribution in [2.75, 3.05) is 18.9 Å². The smallest absolute Gasteiger partial charge is 0.162 e. The summed E-state index contributed by atoms with van der Waals surface area (Å²) in [5.74, 6) is 1.69. The monoisotopic (exact) mass is 301 g/mol. The first kappa shape index (κ1) is 14.1. The fraction of sp³-hybridized carbons (Fsp3) is 0.294. The van der Waals surface area contributed by atoms with Gasteiger partial charge in [-0.2, -0.15) is 0 Å². The van der Waals surface area contributed by atoms with E-state index in [1.807, 2.05) is 24.3 Å². The second-order valence-electron chi connectivity index (χ2n) is 5.09. The van der Waals surface area contributed by atoms with Crippen LogP contribution in [0.2, 0.25) is 0 Å². The van der Waals surface area contributed by atoms with E-state index in [-0.39, 0.29) is 0 Å². The number of thioether (sulfide) groups is 1. The molecule has 0 aromatic heterocycles. The van der Waals surface area contributed by atoms with E-state index in [0.717, 1.165) is 30.2 Å². The number of ether oxygens (including phenoxy) is 2. The van der Waals surface area contributed by atoms with Crippen molar-refractivity contribution in [3.05, 3.63) is 48.0 Å². The largest absolute Gasteiger partial charge is 0.490 e. The molecule has 3 nitrogen and oxygen atoms in total. The van der Waals surface area contributed by atoms with E-state index in [9.17, 15) is 0 Å². The van der Waals surface area contributed by atoms with Gasteiger partial charge in [0.25, 0.3) is 0 Å². The normalized spacial score (nSPS) is 15.3. The lowest BCUT2D eigenvalue weighted by Gasteiger charge is -2.14. The summed E-state index contributed by atoms with van der Waals surface area (Å²) >= 11 is 1.79. The zero-order valence-electron chi connectivity index (χ0n) is 12.0. The lowest BCUT2D eigenvalue weighted by Crippen LogP contribution is -1.97. The molecule has 1 atom stereocenters. The number of anilines is 1. The molecule has 2 aromatic carbocycles. The van der Waals surface area contributed by atoms with Gasteiger partial charge in [-0.05, 0) is 42.8 Å². The highest BCUT2D eigenvalue weighted by Crippen LogP contribution is 2.39. The minimum atomic E-state index is 0.332. The van der Waals surface area contributed by atoms with Crippen molar-refractivity contribution in [2.45, 2.75) is 23.5 Å². The average molecular weight is 301 g/mol. The van der Waals surface area contributed by atoms with Gasteiger partial charge in [0.2, 0.25) is 0 Å². The first-order valence-electron chi connectivity index (χ1n) is 7.14. The van der Waals surface area contributed by atoms with Gasteiger partial charge in [-0.3, -0.25) is 0 Å². The van der Waals surface area contributed by atoms with Crippen LogP contribution in [0.4, 0.5) is 5.69 Å². The molecule has 0 fully saturated rings. The lowest BCUT2D eigenvalue weighted by molar-refractivity contribution is 0.297. The van der Waals surface area contributed by atoms with E-state index < -0.39 is 0 Å². The lowest BCUT2D eigenvalue weighted by atomic mass is 10.1. The van der Waals surface area contributed by atoms with Gasteiger partial charge in [0.15, 0.2) is 11.5 Å². The van der Waals surface area contributed by atoms with Crippen LogP contribution >= 0.6 is 11.8 Å².